The highest BCUT2D eigenvalue weighted by Gasteiger charge is 2.18. The smallest absolute Gasteiger partial charge is 0.333 e. The zero-order valence-electron chi connectivity index (χ0n) is 9.27. The molecule has 0 aliphatic carbocycles. The van der Waals surface area contributed by atoms with Crippen molar-refractivity contribution in [3.63, 3.8) is 0 Å². The summed E-state index contributed by atoms with van der Waals surface area (Å²) in [6, 6.07) is 1.57. The Balaban J connectivity index is 2.71. The van der Waals surface area contributed by atoms with Crippen LogP contribution in [0.1, 0.15) is 26.2 Å². The number of nitrogens with zero attached hydrogens (tertiary/aromatic N) is 2. The summed E-state index contributed by atoms with van der Waals surface area (Å²) >= 11 is 0. The lowest BCUT2D eigenvalue weighted by molar-refractivity contribution is -0.383. The molecule has 16 heavy (non-hydrogen) atoms. The van der Waals surface area contributed by atoms with Crippen LogP contribution < -0.4 is 11.1 Å². The first-order valence-electron chi connectivity index (χ1n) is 5.29. The second kappa shape index (κ2) is 5.89. The van der Waals surface area contributed by atoms with Crippen molar-refractivity contribution in [2.75, 3.05) is 17.6 Å². The van der Waals surface area contributed by atoms with Crippen molar-refractivity contribution in [1.82, 2.24) is 4.98 Å². The molecule has 0 atom stereocenters. The first-order chi connectivity index (χ1) is 7.66. The molecule has 0 saturated carbocycles. The van der Waals surface area contributed by atoms with Gasteiger partial charge in [0.1, 0.15) is 5.69 Å². The van der Waals surface area contributed by atoms with Gasteiger partial charge in [-0.2, -0.15) is 0 Å². The van der Waals surface area contributed by atoms with E-state index in [1.165, 1.54) is 6.20 Å². The number of anilines is 2. The molecule has 0 aliphatic rings. The zero-order valence-corrected chi connectivity index (χ0v) is 9.27. The Morgan fingerprint density at radius 1 is 1.56 bits per heavy atom. The Kier molecular flexibility index (Phi) is 4.50. The second-order valence-electron chi connectivity index (χ2n) is 3.48. The van der Waals surface area contributed by atoms with Crippen LogP contribution in [0, 0.1) is 10.1 Å². The van der Waals surface area contributed by atoms with Gasteiger partial charge < -0.3 is 11.1 Å². The Morgan fingerprint density at radius 2 is 2.31 bits per heavy atom. The average molecular weight is 224 g/mol. The molecule has 1 aromatic rings. The standard InChI is InChI=1S/C10H16N4O2/c1-2-3-4-6-12-8-5-7-13-10(11)9(8)14(15)16/h5,7H,2-4,6H2,1H3,(H3,11,12,13). The van der Waals surface area contributed by atoms with Crippen molar-refractivity contribution in [2.24, 2.45) is 0 Å². The van der Waals surface area contributed by atoms with Crippen LogP contribution in [-0.4, -0.2) is 16.5 Å². The number of nitrogens with two attached hydrogens (primary N) is 1. The molecule has 88 valence electrons. The summed E-state index contributed by atoms with van der Waals surface area (Å²) in [5.41, 5.74) is 5.76. The Labute approximate surface area is 94.0 Å². The van der Waals surface area contributed by atoms with Gasteiger partial charge in [-0.1, -0.05) is 19.8 Å². The summed E-state index contributed by atoms with van der Waals surface area (Å²) in [5, 5.41) is 13.8. The summed E-state index contributed by atoms with van der Waals surface area (Å²) in [6.45, 7) is 2.81. The third-order valence-electron chi connectivity index (χ3n) is 2.23. The number of pyridine rings is 1. The Bertz CT molecular complexity index is 368. The lowest BCUT2D eigenvalue weighted by atomic mass is 10.2. The quantitative estimate of drug-likeness (QED) is 0.438. The highest BCUT2D eigenvalue weighted by molar-refractivity contribution is 5.70. The van der Waals surface area contributed by atoms with E-state index in [1.807, 2.05) is 0 Å². The van der Waals surface area contributed by atoms with E-state index in [-0.39, 0.29) is 11.5 Å². The van der Waals surface area contributed by atoms with Crippen molar-refractivity contribution in [1.29, 1.82) is 0 Å². The van der Waals surface area contributed by atoms with E-state index >= 15 is 0 Å². The van der Waals surface area contributed by atoms with Gasteiger partial charge in [-0.05, 0) is 12.5 Å². The fraction of sp³-hybridized carbons (Fsp3) is 0.500. The maximum absolute atomic E-state index is 10.8. The van der Waals surface area contributed by atoms with E-state index < -0.39 is 4.92 Å². The van der Waals surface area contributed by atoms with Crippen LogP contribution in [0.4, 0.5) is 17.2 Å². The van der Waals surface area contributed by atoms with Gasteiger partial charge in [-0.3, -0.25) is 10.1 Å². The van der Waals surface area contributed by atoms with Crippen molar-refractivity contribution in [3.05, 3.63) is 22.4 Å². The number of unbranched alkanes of at least 4 members (excludes halogenated alkanes) is 2. The molecular weight excluding hydrogens is 208 g/mol. The van der Waals surface area contributed by atoms with Crippen LogP contribution in [0.3, 0.4) is 0 Å². The molecule has 1 heterocycles. The SMILES string of the molecule is CCCCCNc1ccnc(N)c1[N+](=O)[O-]. The molecule has 0 aliphatic heterocycles. The fourth-order valence-electron chi connectivity index (χ4n) is 1.40. The van der Waals surface area contributed by atoms with Crippen LogP contribution in [0.15, 0.2) is 12.3 Å². The van der Waals surface area contributed by atoms with Gasteiger partial charge in [0.25, 0.3) is 0 Å². The molecular formula is C10H16N4O2. The molecule has 0 saturated heterocycles. The molecule has 0 amide bonds. The molecule has 3 N–H and O–H groups in total. The second-order valence-corrected chi connectivity index (χ2v) is 3.48. The lowest BCUT2D eigenvalue weighted by Crippen LogP contribution is -2.07. The van der Waals surface area contributed by atoms with E-state index in [1.54, 1.807) is 6.07 Å². The first kappa shape index (κ1) is 12.2. The normalized spacial score (nSPS) is 10.1. The van der Waals surface area contributed by atoms with Gasteiger partial charge in [-0.25, -0.2) is 4.98 Å². The minimum atomic E-state index is -0.509. The van der Waals surface area contributed by atoms with Crippen molar-refractivity contribution in [2.45, 2.75) is 26.2 Å². The van der Waals surface area contributed by atoms with Crippen molar-refractivity contribution < 1.29 is 4.92 Å². The van der Waals surface area contributed by atoms with E-state index in [0.717, 1.165) is 19.3 Å². The van der Waals surface area contributed by atoms with Gasteiger partial charge in [-0.15, -0.1) is 0 Å². The molecule has 6 heteroatoms. The maximum atomic E-state index is 10.8. The molecule has 0 unspecified atom stereocenters. The number of hydrogen-bond acceptors (Lipinski definition) is 5. The van der Waals surface area contributed by atoms with Crippen LogP contribution >= 0.6 is 0 Å². The summed E-state index contributed by atoms with van der Waals surface area (Å²) in [6.07, 6.45) is 4.66. The van der Waals surface area contributed by atoms with Gasteiger partial charge in [0.2, 0.25) is 5.82 Å². The van der Waals surface area contributed by atoms with Gasteiger partial charge in [0, 0.05) is 12.7 Å². The van der Waals surface area contributed by atoms with E-state index in [0.29, 0.717) is 12.2 Å². The minimum absolute atomic E-state index is 0.0505. The predicted molar refractivity (Wildman–Crippen MR) is 63.3 cm³/mol. The zero-order chi connectivity index (χ0) is 12.0. The van der Waals surface area contributed by atoms with Gasteiger partial charge in [0.15, 0.2) is 0 Å². The largest absolute Gasteiger partial charge is 0.379 e. The summed E-state index contributed by atoms with van der Waals surface area (Å²) < 4.78 is 0. The minimum Gasteiger partial charge on any atom is -0.379 e. The van der Waals surface area contributed by atoms with Crippen LogP contribution in [0.2, 0.25) is 0 Å². The molecule has 6 nitrogen and oxygen atoms in total. The lowest BCUT2D eigenvalue weighted by Gasteiger charge is -2.07. The molecule has 0 spiro atoms. The average Bonchev–Trinajstić information content (AvgIpc) is 2.24. The Hall–Kier alpha value is -1.85. The number of nitro groups is 1. The molecule has 1 rings (SSSR count). The van der Waals surface area contributed by atoms with E-state index in [9.17, 15) is 10.1 Å². The fourth-order valence-corrected chi connectivity index (χ4v) is 1.40. The number of rotatable bonds is 6. The highest BCUT2D eigenvalue weighted by Crippen LogP contribution is 2.28. The Morgan fingerprint density at radius 3 is 2.94 bits per heavy atom. The summed E-state index contributed by atoms with van der Waals surface area (Å²) in [4.78, 5) is 14.0. The molecule has 0 bridgehead atoms. The summed E-state index contributed by atoms with van der Waals surface area (Å²) in [7, 11) is 0. The topological polar surface area (TPSA) is 94.1 Å². The monoisotopic (exact) mass is 224 g/mol. The number of nitrogens with one attached hydrogen (secondary N) is 1. The number of hydrogen-bond donors (Lipinski definition) is 2. The van der Waals surface area contributed by atoms with Gasteiger partial charge in [0.05, 0.1) is 4.92 Å². The maximum Gasteiger partial charge on any atom is 0.333 e. The van der Waals surface area contributed by atoms with Crippen molar-refractivity contribution >= 4 is 17.2 Å². The molecule has 0 radical (unpaired) electrons. The number of nitrogen functional groups attached to an aromatic ring is 1. The third kappa shape index (κ3) is 3.08. The first-order valence-corrected chi connectivity index (χ1v) is 5.29. The van der Waals surface area contributed by atoms with Gasteiger partial charge >= 0.3 is 5.69 Å². The highest BCUT2D eigenvalue weighted by atomic mass is 16.6. The summed E-state index contributed by atoms with van der Waals surface area (Å²) in [5.74, 6) is -0.0505. The molecule has 0 aromatic carbocycles. The van der Waals surface area contributed by atoms with E-state index in [2.05, 4.69) is 17.2 Å². The third-order valence-corrected chi connectivity index (χ3v) is 2.23. The van der Waals surface area contributed by atoms with Crippen LogP contribution in [0.5, 0.6) is 0 Å². The van der Waals surface area contributed by atoms with Crippen LogP contribution in [0.25, 0.3) is 0 Å². The van der Waals surface area contributed by atoms with Crippen molar-refractivity contribution in [3.8, 4) is 0 Å². The van der Waals surface area contributed by atoms with Crippen LogP contribution in [-0.2, 0) is 0 Å². The van der Waals surface area contributed by atoms with E-state index in [4.69, 9.17) is 5.73 Å². The molecule has 0 fully saturated rings. The number of aromatic nitrogens is 1. The predicted octanol–water partition coefficient (Wildman–Crippen LogP) is 2.17. The molecule has 1 aromatic heterocycles.